The van der Waals surface area contributed by atoms with Crippen LogP contribution in [-0.4, -0.2) is 32.1 Å². The lowest BCUT2D eigenvalue weighted by Crippen LogP contribution is -2.54. The number of fused-ring (bicyclic) bond motifs is 1. The molecule has 196 valence electrons. The molecule has 0 aromatic heterocycles. The fraction of sp³-hybridized carbons (Fsp3) is 0.100. The van der Waals surface area contributed by atoms with Crippen LogP contribution in [0.2, 0.25) is 0 Å². The quantitative estimate of drug-likeness (QED) is 0.215. The van der Waals surface area contributed by atoms with Crippen LogP contribution in [0.1, 0.15) is 11.1 Å². The highest BCUT2D eigenvalue weighted by molar-refractivity contribution is 9.10. The summed E-state index contributed by atoms with van der Waals surface area (Å²) in [4.78, 5) is 39.3. The molecule has 1 aliphatic heterocycles. The Balaban J connectivity index is 1.43. The minimum absolute atomic E-state index is 0.205. The zero-order valence-electron chi connectivity index (χ0n) is 21.1. The number of nitrogens with one attached hydrogen (secondary N) is 1. The number of hydrogen-bond acceptors (Lipinski definition) is 6. The number of carbonyl (C=O) groups excluding carboxylic acids is 3. The standard InChI is InChI=1S/C30H23BrN2O6/c1-37-22-12-10-21(11-13-22)33-29(35)24(28(34)32-30(33)36)14-18-15-25(31)27(26(16-18)38-2)39-17-20-8-5-7-19-6-3-4-9-23(19)20/h3-16H,17H2,1-2H3,(H,32,34,36)/b24-14-. The molecule has 1 saturated heterocycles. The van der Waals surface area contributed by atoms with Gasteiger partial charge in [-0.15, -0.1) is 0 Å². The smallest absolute Gasteiger partial charge is 0.335 e. The summed E-state index contributed by atoms with van der Waals surface area (Å²) in [6.07, 6.45) is 1.41. The number of urea groups is 1. The van der Waals surface area contributed by atoms with Crippen LogP contribution in [0.3, 0.4) is 0 Å². The molecule has 0 unspecified atom stereocenters. The lowest BCUT2D eigenvalue weighted by Gasteiger charge is -2.26. The number of rotatable bonds is 7. The predicted molar refractivity (Wildman–Crippen MR) is 151 cm³/mol. The highest BCUT2D eigenvalue weighted by atomic mass is 79.9. The molecule has 4 aromatic rings. The summed E-state index contributed by atoms with van der Waals surface area (Å²) in [6.45, 7) is 0.302. The van der Waals surface area contributed by atoms with Crippen molar-refractivity contribution >= 4 is 56.3 Å². The monoisotopic (exact) mass is 586 g/mol. The Kier molecular flexibility index (Phi) is 7.33. The first-order chi connectivity index (χ1) is 18.9. The van der Waals surface area contributed by atoms with Crippen LogP contribution in [0.5, 0.6) is 17.2 Å². The van der Waals surface area contributed by atoms with Gasteiger partial charge in [-0.2, -0.15) is 0 Å². The molecule has 0 aliphatic carbocycles. The van der Waals surface area contributed by atoms with Crippen LogP contribution >= 0.6 is 15.9 Å². The third kappa shape index (κ3) is 5.21. The van der Waals surface area contributed by atoms with Crippen molar-refractivity contribution in [3.8, 4) is 17.2 Å². The topological polar surface area (TPSA) is 94.2 Å². The fourth-order valence-electron chi connectivity index (χ4n) is 4.32. The molecule has 0 bridgehead atoms. The van der Waals surface area contributed by atoms with Crippen molar-refractivity contribution < 1.29 is 28.6 Å². The van der Waals surface area contributed by atoms with Crippen molar-refractivity contribution in [1.29, 1.82) is 0 Å². The lowest BCUT2D eigenvalue weighted by molar-refractivity contribution is -0.122. The van der Waals surface area contributed by atoms with Crippen LogP contribution in [0.25, 0.3) is 16.8 Å². The Morgan fingerprint density at radius 1 is 0.897 bits per heavy atom. The number of halogens is 1. The number of methoxy groups -OCH3 is 2. The van der Waals surface area contributed by atoms with E-state index in [1.165, 1.54) is 20.3 Å². The number of imide groups is 2. The summed E-state index contributed by atoms with van der Waals surface area (Å²) < 4.78 is 17.4. The highest BCUT2D eigenvalue weighted by Gasteiger charge is 2.37. The van der Waals surface area contributed by atoms with Crippen LogP contribution < -0.4 is 24.4 Å². The largest absolute Gasteiger partial charge is 0.497 e. The van der Waals surface area contributed by atoms with Gasteiger partial charge in [-0.05, 0) is 80.3 Å². The molecule has 1 aliphatic rings. The fourth-order valence-corrected chi connectivity index (χ4v) is 4.90. The average Bonchev–Trinajstić information content (AvgIpc) is 2.94. The predicted octanol–water partition coefficient (Wildman–Crippen LogP) is 5.86. The second-order valence-electron chi connectivity index (χ2n) is 8.62. The van der Waals surface area contributed by atoms with Gasteiger partial charge in [0.2, 0.25) is 0 Å². The number of nitrogens with zero attached hydrogens (tertiary/aromatic N) is 1. The minimum atomic E-state index is -0.830. The van der Waals surface area contributed by atoms with E-state index >= 15 is 0 Å². The van der Waals surface area contributed by atoms with Gasteiger partial charge >= 0.3 is 6.03 Å². The average molecular weight is 587 g/mol. The summed E-state index contributed by atoms with van der Waals surface area (Å²) in [7, 11) is 3.02. The first kappa shape index (κ1) is 26.0. The van der Waals surface area contributed by atoms with Gasteiger partial charge in [0.25, 0.3) is 11.8 Å². The van der Waals surface area contributed by atoms with E-state index in [9.17, 15) is 14.4 Å². The van der Waals surface area contributed by atoms with Crippen LogP contribution in [0, 0.1) is 0 Å². The van der Waals surface area contributed by atoms with Crippen molar-refractivity contribution in [3.05, 3.63) is 100 Å². The lowest BCUT2D eigenvalue weighted by atomic mass is 10.1. The number of ether oxygens (including phenoxy) is 3. The van der Waals surface area contributed by atoms with Gasteiger partial charge < -0.3 is 14.2 Å². The Bertz CT molecular complexity index is 1630. The second kappa shape index (κ2) is 11.0. The van der Waals surface area contributed by atoms with E-state index in [4.69, 9.17) is 14.2 Å². The number of carbonyl (C=O) groups is 3. The summed E-state index contributed by atoms with van der Waals surface area (Å²) in [5, 5.41) is 4.43. The molecule has 0 spiro atoms. The molecule has 0 atom stereocenters. The van der Waals surface area contributed by atoms with E-state index in [2.05, 4.69) is 21.2 Å². The molecule has 39 heavy (non-hydrogen) atoms. The molecule has 5 rings (SSSR count). The van der Waals surface area contributed by atoms with Crippen LogP contribution in [-0.2, 0) is 16.2 Å². The maximum absolute atomic E-state index is 13.3. The minimum Gasteiger partial charge on any atom is -0.497 e. The van der Waals surface area contributed by atoms with Crippen LogP contribution in [0.4, 0.5) is 10.5 Å². The van der Waals surface area contributed by atoms with Crippen molar-refractivity contribution in [2.45, 2.75) is 6.61 Å². The zero-order valence-corrected chi connectivity index (χ0v) is 22.7. The number of anilines is 1. The Hall–Kier alpha value is -4.63. The van der Waals surface area contributed by atoms with E-state index < -0.39 is 17.8 Å². The maximum atomic E-state index is 13.3. The summed E-state index contributed by atoms with van der Waals surface area (Å²) in [5.74, 6) is -0.0955. The van der Waals surface area contributed by atoms with E-state index in [0.29, 0.717) is 39.6 Å². The third-order valence-corrected chi connectivity index (χ3v) is 6.84. The van der Waals surface area contributed by atoms with Crippen molar-refractivity contribution in [3.63, 3.8) is 0 Å². The molecular weight excluding hydrogens is 564 g/mol. The molecule has 1 N–H and O–H groups in total. The van der Waals surface area contributed by atoms with Crippen molar-refractivity contribution in [2.75, 3.05) is 19.1 Å². The molecule has 1 fully saturated rings. The summed E-state index contributed by atoms with van der Waals surface area (Å²) in [6, 6.07) is 23.0. The van der Waals surface area contributed by atoms with Gasteiger partial charge in [0.15, 0.2) is 11.5 Å². The highest BCUT2D eigenvalue weighted by Crippen LogP contribution is 2.38. The zero-order chi connectivity index (χ0) is 27.5. The summed E-state index contributed by atoms with van der Waals surface area (Å²) >= 11 is 3.53. The Morgan fingerprint density at radius 3 is 2.38 bits per heavy atom. The number of hydrogen-bond donors (Lipinski definition) is 1. The molecular formula is C30H23BrN2O6. The van der Waals surface area contributed by atoms with Gasteiger partial charge in [-0.3, -0.25) is 14.9 Å². The Labute approximate surface area is 232 Å². The van der Waals surface area contributed by atoms with Crippen LogP contribution in [0.15, 0.2) is 88.9 Å². The SMILES string of the molecule is COc1ccc(N2C(=O)NC(=O)/C(=C/c3cc(Br)c(OCc4cccc5ccccc45)c(OC)c3)C2=O)cc1. The van der Waals surface area contributed by atoms with Gasteiger partial charge in [0.05, 0.1) is 24.4 Å². The molecule has 0 saturated carbocycles. The van der Waals surface area contributed by atoms with E-state index in [0.717, 1.165) is 21.2 Å². The van der Waals surface area contributed by atoms with Gasteiger partial charge in [0, 0.05) is 0 Å². The molecule has 4 amide bonds. The molecule has 0 radical (unpaired) electrons. The Morgan fingerprint density at radius 2 is 1.64 bits per heavy atom. The summed E-state index contributed by atoms with van der Waals surface area (Å²) in [5.41, 5.74) is 1.61. The van der Waals surface area contributed by atoms with E-state index in [1.807, 2.05) is 42.5 Å². The van der Waals surface area contributed by atoms with Gasteiger partial charge in [0.1, 0.15) is 17.9 Å². The second-order valence-corrected chi connectivity index (χ2v) is 9.47. The molecule has 9 heteroatoms. The van der Waals surface area contributed by atoms with Gasteiger partial charge in [-0.25, -0.2) is 9.69 Å². The first-order valence-corrected chi connectivity index (χ1v) is 12.7. The number of benzene rings is 4. The van der Waals surface area contributed by atoms with Gasteiger partial charge in [-0.1, -0.05) is 42.5 Å². The molecule has 4 aromatic carbocycles. The number of amides is 4. The molecule has 8 nitrogen and oxygen atoms in total. The van der Waals surface area contributed by atoms with E-state index in [1.54, 1.807) is 36.4 Å². The first-order valence-electron chi connectivity index (χ1n) is 11.9. The maximum Gasteiger partial charge on any atom is 0.335 e. The van der Waals surface area contributed by atoms with E-state index in [-0.39, 0.29) is 5.57 Å². The third-order valence-electron chi connectivity index (χ3n) is 6.25. The van der Waals surface area contributed by atoms with Crippen molar-refractivity contribution in [1.82, 2.24) is 5.32 Å². The molecule has 1 heterocycles. The normalized spacial score (nSPS) is 14.5. The number of barbiturate groups is 1. The van der Waals surface area contributed by atoms with Crippen molar-refractivity contribution in [2.24, 2.45) is 0 Å².